The number of nitrogens with two attached hydrogens (primary N) is 1. The van der Waals surface area contributed by atoms with Crippen LogP contribution < -0.4 is 5.73 Å². The molecule has 0 bridgehead atoms. The van der Waals surface area contributed by atoms with Gasteiger partial charge in [0.2, 0.25) is 0 Å². The molecule has 1 aliphatic carbocycles. The molecule has 1 atom stereocenters. The van der Waals surface area contributed by atoms with Gasteiger partial charge >= 0.3 is 0 Å². The lowest BCUT2D eigenvalue weighted by Gasteiger charge is -2.39. The molecule has 0 amide bonds. The van der Waals surface area contributed by atoms with Gasteiger partial charge in [-0.05, 0) is 31.3 Å². The molecule has 0 saturated heterocycles. The van der Waals surface area contributed by atoms with Crippen LogP contribution in [0.5, 0.6) is 0 Å². The predicted octanol–water partition coefficient (Wildman–Crippen LogP) is 2.23. The van der Waals surface area contributed by atoms with Crippen molar-refractivity contribution in [3.63, 3.8) is 0 Å². The number of likely N-dealkylation sites (N-methyl/N-ethyl adjacent to an activating group) is 1. The van der Waals surface area contributed by atoms with Crippen LogP contribution in [0.3, 0.4) is 0 Å². The molecule has 1 aromatic heterocycles. The molecule has 2 nitrogen and oxygen atoms in total. The lowest BCUT2D eigenvalue weighted by molar-refractivity contribution is 0.115. The first-order valence-electron chi connectivity index (χ1n) is 5.28. The molecular formula is C11H18N2S. The van der Waals surface area contributed by atoms with Gasteiger partial charge in [0, 0.05) is 17.5 Å². The van der Waals surface area contributed by atoms with Crippen molar-refractivity contribution < 1.29 is 0 Å². The maximum absolute atomic E-state index is 5.85. The van der Waals surface area contributed by atoms with Crippen LogP contribution in [-0.2, 0) is 0 Å². The van der Waals surface area contributed by atoms with Crippen molar-refractivity contribution in [3.05, 3.63) is 22.4 Å². The van der Waals surface area contributed by atoms with Crippen LogP contribution in [0, 0.1) is 0 Å². The van der Waals surface area contributed by atoms with Gasteiger partial charge in [0.25, 0.3) is 0 Å². The third kappa shape index (κ3) is 1.85. The van der Waals surface area contributed by atoms with E-state index in [-0.39, 0.29) is 0 Å². The summed E-state index contributed by atoms with van der Waals surface area (Å²) in [5.41, 5.74) is 5.85. The molecule has 1 aromatic rings. The lowest BCUT2D eigenvalue weighted by atomic mass is 9.90. The Labute approximate surface area is 89.7 Å². The van der Waals surface area contributed by atoms with E-state index < -0.39 is 0 Å². The number of thiophene rings is 1. The molecule has 78 valence electrons. The minimum Gasteiger partial charge on any atom is -0.329 e. The van der Waals surface area contributed by atoms with Crippen LogP contribution in [-0.4, -0.2) is 24.5 Å². The first-order valence-corrected chi connectivity index (χ1v) is 6.16. The van der Waals surface area contributed by atoms with Gasteiger partial charge in [0.15, 0.2) is 0 Å². The first kappa shape index (κ1) is 10.1. The standard InChI is InChI=1S/C11H18N2S/c1-13(9-4-2-5-9)10(8-12)11-6-3-7-14-11/h3,6-7,9-10H,2,4-5,8,12H2,1H3. The highest BCUT2D eigenvalue weighted by Gasteiger charge is 2.27. The van der Waals surface area contributed by atoms with E-state index in [0.29, 0.717) is 6.04 Å². The Morgan fingerprint density at radius 3 is 2.86 bits per heavy atom. The maximum Gasteiger partial charge on any atom is 0.0564 e. The van der Waals surface area contributed by atoms with E-state index in [0.717, 1.165) is 12.6 Å². The Morgan fingerprint density at radius 2 is 2.43 bits per heavy atom. The normalized spacial score (nSPS) is 19.6. The van der Waals surface area contributed by atoms with Crippen LogP contribution in [0.25, 0.3) is 0 Å². The lowest BCUT2D eigenvalue weighted by Crippen LogP contribution is -2.42. The second-order valence-corrected chi connectivity index (χ2v) is 5.00. The average Bonchev–Trinajstić information content (AvgIpc) is 2.55. The van der Waals surface area contributed by atoms with E-state index in [1.165, 1.54) is 24.1 Å². The summed E-state index contributed by atoms with van der Waals surface area (Å²) in [4.78, 5) is 3.86. The molecule has 0 spiro atoms. The molecule has 2 N–H and O–H groups in total. The summed E-state index contributed by atoms with van der Waals surface area (Å²) in [6.07, 6.45) is 4.08. The molecule has 1 unspecified atom stereocenters. The molecule has 0 aromatic carbocycles. The number of rotatable bonds is 4. The van der Waals surface area contributed by atoms with E-state index in [1.807, 2.05) is 11.3 Å². The van der Waals surface area contributed by atoms with Crippen molar-refractivity contribution in [1.29, 1.82) is 0 Å². The predicted molar refractivity (Wildman–Crippen MR) is 61.5 cm³/mol. The largest absolute Gasteiger partial charge is 0.329 e. The van der Waals surface area contributed by atoms with E-state index in [9.17, 15) is 0 Å². The van der Waals surface area contributed by atoms with Gasteiger partial charge in [-0.3, -0.25) is 4.90 Å². The molecule has 0 aliphatic heterocycles. The van der Waals surface area contributed by atoms with Crippen LogP contribution in [0.15, 0.2) is 17.5 Å². The van der Waals surface area contributed by atoms with Gasteiger partial charge in [-0.2, -0.15) is 0 Å². The van der Waals surface area contributed by atoms with Crippen molar-refractivity contribution >= 4 is 11.3 Å². The monoisotopic (exact) mass is 210 g/mol. The van der Waals surface area contributed by atoms with E-state index >= 15 is 0 Å². The Balaban J connectivity index is 2.04. The van der Waals surface area contributed by atoms with Gasteiger partial charge in [0.1, 0.15) is 0 Å². The molecule has 3 heteroatoms. The molecule has 14 heavy (non-hydrogen) atoms. The van der Waals surface area contributed by atoms with E-state index in [2.05, 4.69) is 29.5 Å². The highest BCUT2D eigenvalue weighted by atomic mass is 32.1. The Hall–Kier alpha value is -0.380. The van der Waals surface area contributed by atoms with Crippen LogP contribution in [0.4, 0.5) is 0 Å². The van der Waals surface area contributed by atoms with E-state index in [1.54, 1.807) is 0 Å². The average molecular weight is 210 g/mol. The van der Waals surface area contributed by atoms with Crippen molar-refractivity contribution in [2.75, 3.05) is 13.6 Å². The van der Waals surface area contributed by atoms with Gasteiger partial charge in [0.05, 0.1) is 6.04 Å². The summed E-state index contributed by atoms with van der Waals surface area (Å²) in [5, 5.41) is 2.13. The Morgan fingerprint density at radius 1 is 1.64 bits per heavy atom. The zero-order valence-corrected chi connectivity index (χ0v) is 9.46. The van der Waals surface area contributed by atoms with Crippen molar-refractivity contribution in [2.24, 2.45) is 5.73 Å². The number of nitrogens with zero attached hydrogens (tertiary/aromatic N) is 1. The SMILES string of the molecule is CN(C1CCC1)C(CN)c1cccs1. The van der Waals surface area contributed by atoms with Crippen LogP contribution in [0.2, 0.25) is 0 Å². The topological polar surface area (TPSA) is 29.3 Å². The van der Waals surface area contributed by atoms with Crippen molar-refractivity contribution in [1.82, 2.24) is 4.90 Å². The zero-order chi connectivity index (χ0) is 9.97. The fourth-order valence-electron chi connectivity index (χ4n) is 2.01. The first-order chi connectivity index (χ1) is 6.83. The molecule has 1 heterocycles. The summed E-state index contributed by atoms with van der Waals surface area (Å²) < 4.78 is 0. The summed E-state index contributed by atoms with van der Waals surface area (Å²) >= 11 is 1.81. The summed E-state index contributed by atoms with van der Waals surface area (Å²) in [5.74, 6) is 0. The van der Waals surface area contributed by atoms with E-state index in [4.69, 9.17) is 5.73 Å². The third-order valence-electron chi connectivity index (χ3n) is 3.24. The van der Waals surface area contributed by atoms with Crippen LogP contribution in [0.1, 0.15) is 30.2 Å². The number of hydrogen-bond donors (Lipinski definition) is 1. The van der Waals surface area contributed by atoms with Gasteiger partial charge in [-0.1, -0.05) is 12.5 Å². The minimum atomic E-state index is 0.431. The second kappa shape index (κ2) is 4.43. The smallest absolute Gasteiger partial charge is 0.0564 e. The molecule has 1 aliphatic rings. The van der Waals surface area contributed by atoms with Gasteiger partial charge in [-0.25, -0.2) is 0 Å². The summed E-state index contributed by atoms with van der Waals surface area (Å²) in [6, 6.07) is 5.50. The molecule has 1 fully saturated rings. The quantitative estimate of drug-likeness (QED) is 0.825. The molecular weight excluding hydrogens is 192 g/mol. The fraction of sp³-hybridized carbons (Fsp3) is 0.636. The fourth-order valence-corrected chi connectivity index (χ4v) is 2.90. The van der Waals surface area contributed by atoms with Crippen molar-refractivity contribution in [3.8, 4) is 0 Å². The summed E-state index contributed by atoms with van der Waals surface area (Å²) in [6.45, 7) is 0.730. The minimum absolute atomic E-state index is 0.431. The Kier molecular flexibility index (Phi) is 3.21. The third-order valence-corrected chi connectivity index (χ3v) is 4.21. The van der Waals surface area contributed by atoms with Gasteiger partial charge < -0.3 is 5.73 Å². The maximum atomic E-state index is 5.85. The highest BCUT2D eigenvalue weighted by molar-refractivity contribution is 7.10. The molecule has 0 radical (unpaired) electrons. The summed E-state index contributed by atoms with van der Waals surface area (Å²) in [7, 11) is 2.21. The zero-order valence-electron chi connectivity index (χ0n) is 8.65. The van der Waals surface area contributed by atoms with Gasteiger partial charge in [-0.15, -0.1) is 11.3 Å². The molecule has 2 rings (SSSR count). The highest BCUT2D eigenvalue weighted by Crippen LogP contribution is 2.31. The number of hydrogen-bond acceptors (Lipinski definition) is 3. The molecule has 1 saturated carbocycles. The Bertz CT molecular complexity index is 267. The van der Waals surface area contributed by atoms with Crippen molar-refractivity contribution in [2.45, 2.75) is 31.3 Å². The van der Waals surface area contributed by atoms with Crippen LogP contribution >= 0.6 is 11.3 Å². The second-order valence-electron chi connectivity index (χ2n) is 4.02.